The van der Waals surface area contributed by atoms with Crippen molar-refractivity contribution in [3.8, 4) is 0 Å². The lowest BCUT2D eigenvalue weighted by molar-refractivity contribution is -0.129. The summed E-state index contributed by atoms with van der Waals surface area (Å²) in [6.45, 7) is 6.53. The van der Waals surface area contributed by atoms with Gasteiger partial charge in [0.15, 0.2) is 0 Å². The first-order valence-electron chi connectivity index (χ1n) is 11.9. The molecule has 9 nitrogen and oxygen atoms in total. The average molecular weight is 462 g/mol. The minimum absolute atomic E-state index is 0.0883. The minimum atomic E-state index is -0.226. The molecule has 2 aliphatic heterocycles. The summed E-state index contributed by atoms with van der Waals surface area (Å²) in [5.74, 6) is 1.92. The van der Waals surface area contributed by atoms with E-state index in [1.165, 1.54) is 24.7 Å². The summed E-state index contributed by atoms with van der Waals surface area (Å²) in [6, 6.07) is 10.3. The zero-order valence-electron chi connectivity index (χ0n) is 19.8. The molecule has 0 atom stereocenters. The quantitative estimate of drug-likeness (QED) is 0.616. The number of anilines is 3. The Labute approximate surface area is 198 Å². The monoisotopic (exact) mass is 461 g/mol. The van der Waals surface area contributed by atoms with E-state index >= 15 is 0 Å². The molecule has 2 saturated heterocycles. The Morgan fingerprint density at radius 1 is 1.06 bits per heavy atom. The molecule has 1 aromatic carbocycles. The van der Waals surface area contributed by atoms with Crippen LogP contribution in [0.4, 0.5) is 17.3 Å². The number of amides is 1. The Balaban J connectivity index is 1.41. The Hall–Kier alpha value is -3.46. The van der Waals surface area contributed by atoms with Crippen LogP contribution in [0.25, 0.3) is 10.9 Å². The van der Waals surface area contributed by atoms with Gasteiger partial charge in [-0.2, -0.15) is 0 Å². The van der Waals surface area contributed by atoms with E-state index in [1.54, 1.807) is 6.92 Å². The van der Waals surface area contributed by atoms with Gasteiger partial charge in [0.05, 0.1) is 11.8 Å². The molecule has 2 N–H and O–H groups in total. The van der Waals surface area contributed by atoms with E-state index in [1.807, 2.05) is 11.0 Å². The van der Waals surface area contributed by atoms with E-state index in [4.69, 9.17) is 4.98 Å². The molecule has 178 valence electrons. The molecule has 1 amide bonds. The van der Waals surface area contributed by atoms with Crippen molar-refractivity contribution in [2.45, 2.75) is 25.7 Å². The highest BCUT2D eigenvalue weighted by Gasteiger charge is 2.22. The van der Waals surface area contributed by atoms with E-state index in [-0.39, 0.29) is 11.5 Å². The number of nitrogens with one attached hydrogen (secondary N) is 2. The topological polar surface area (TPSA) is 97.5 Å². The Morgan fingerprint density at radius 2 is 1.76 bits per heavy atom. The number of likely N-dealkylation sites (tertiary alicyclic amines) is 1. The van der Waals surface area contributed by atoms with Crippen molar-refractivity contribution in [1.29, 1.82) is 0 Å². The first-order chi connectivity index (χ1) is 16.5. The summed E-state index contributed by atoms with van der Waals surface area (Å²) in [5.41, 5.74) is 2.60. The number of fused-ring (bicyclic) bond motifs is 1. The largest absolute Gasteiger partial charge is 0.353 e. The van der Waals surface area contributed by atoms with E-state index in [0.717, 1.165) is 24.6 Å². The van der Waals surface area contributed by atoms with Crippen molar-refractivity contribution in [3.05, 3.63) is 52.6 Å². The van der Waals surface area contributed by atoms with E-state index in [0.29, 0.717) is 48.8 Å². The van der Waals surface area contributed by atoms with Crippen LogP contribution in [-0.2, 0) is 4.79 Å². The van der Waals surface area contributed by atoms with Gasteiger partial charge in [-0.25, -0.2) is 9.97 Å². The number of piperidine rings is 1. The number of hydrogen-bond donors (Lipinski definition) is 2. The number of piperazine rings is 1. The second-order valence-electron chi connectivity index (χ2n) is 9.27. The number of aromatic nitrogens is 3. The minimum Gasteiger partial charge on any atom is -0.353 e. The number of rotatable bonds is 4. The molecule has 0 aliphatic carbocycles. The third-order valence-electron chi connectivity index (χ3n) is 7.02. The van der Waals surface area contributed by atoms with Crippen LogP contribution in [0.5, 0.6) is 0 Å². The van der Waals surface area contributed by atoms with Gasteiger partial charge in [0.25, 0.3) is 5.56 Å². The molecule has 3 aromatic rings. The number of aromatic amines is 1. The third kappa shape index (κ3) is 4.61. The number of benzene rings is 1. The Bertz CT molecular complexity index is 1220. The van der Waals surface area contributed by atoms with E-state index in [2.05, 4.69) is 56.4 Å². The zero-order chi connectivity index (χ0) is 23.7. The second-order valence-corrected chi connectivity index (χ2v) is 9.27. The number of hydrogen-bond acceptors (Lipinski definition) is 7. The zero-order valence-corrected chi connectivity index (χ0v) is 19.8. The van der Waals surface area contributed by atoms with Crippen molar-refractivity contribution in [2.75, 3.05) is 56.5 Å². The van der Waals surface area contributed by atoms with Crippen LogP contribution in [0.3, 0.4) is 0 Å². The summed E-state index contributed by atoms with van der Waals surface area (Å²) in [4.78, 5) is 42.6. The summed E-state index contributed by atoms with van der Waals surface area (Å²) in [6.07, 6.45) is 3.77. The standard InChI is InChI=1S/C25H31N7O2/c1-17(33)31-11-13-32(14-12-31)22-15-21-23(25(34)27-16-26-21)24(29-22)28-20-5-3-18(4-6-20)19-7-9-30(2)10-8-19/h3-6,15-16,19H,7-14H2,1-2H3,(H,28,29)(H,26,27,34). The molecular weight excluding hydrogens is 430 g/mol. The average Bonchev–Trinajstić information content (AvgIpc) is 2.85. The van der Waals surface area contributed by atoms with Crippen LogP contribution in [-0.4, -0.2) is 77.0 Å². The SMILES string of the molecule is CC(=O)N1CCN(c2cc3nc[nH]c(=O)c3c(Nc3ccc(C4CCN(C)CC4)cc3)n2)CC1. The molecule has 4 heterocycles. The summed E-state index contributed by atoms with van der Waals surface area (Å²) < 4.78 is 0. The van der Waals surface area contributed by atoms with Gasteiger partial charge >= 0.3 is 0 Å². The summed E-state index contributed by atoms with van der Waals surface area (Å²) in [5, 5.41) is 3.80. The van der Waals surface area contributed by atoms with Crippen LogP contribution in [0.1, 0.15) is 31.2 Å². The number of nitrogens with zero attached hydrogens (tertiary/aromatic N) is 5. The lowest BCUT2D eigenvalue weighted by atomic mass is 9.89. The van der Waals surface area contributed by atoms with Crippen molar-refractivity contribution in [2.24, 2.45) is 0 Å². The van der Waals surface area contributed by atoms with Crippen molar-refractivity contribution >= 4 is 34.1 Å². The predicted molar refractivity (Wildman–Crippen MR) is 134 cm³/mol. The molecular formula is C25H31N7O2. The lowest BCUT2D eigenvalue weighted by Crippen LogP contribution is -2.48. The van der Waals surface area contributed by atoms with Crippen LogP contribution >= 0.6 is 0 Å². The molecule has 0 saturated carbocycles. The fourth-order valence-electron chi connectivity index (χ4n) is 4.90. The highest BCUT2D eigenvalue weighted by molar-refractivity contribution is 5.92. The van der Waals surface area contributed by atoms with E-state index < -0.39 is 0 Å². The van der Waals surface area contributed by atoms with Gasteiger partial charge in [0.1, 0.15) is 17.0 Å². The predicted octanol–water partition coefficient (Wildman–Crippen LogP) is 2.54. The second kappa shape index (κ2) is 9.42. The van der Waals surface area contributed by atoms with Crippen molar-refractivity contribution in [3.63, 3.8) is 0 Å². The molecule has 2 aromatic heterocycles. The maximum atomic E-state index is 12.6. The molecule has 9 heteroatoms. The molecule has 0 spiro atoms. The van der Waals surface area contributed by atoms with Gasteiger partial charge in [0.2, 0.25) is 5.91 Å². The summed E-state index contributed by atoms with van der Waals surface area (Å²) >= 11 is 0. The number of pyridine rings is 1. The molecule has 0 bridgehead atoms. The van der Waals surface area contributed by atoms with Gasteiger partial charge in [0, 0.05) is 44.9 Å². The lowest BCUT2D eigenvalue weighted by Gasteiger charge is -2.35. The molecule has 2 fully saturated rings. The van der Waals surface area contributed by atoms with Gasteiger partial charge in [-0.1, -0.05) is 12.1 Å². The van der Waals surface area contributed by atoms with Crippen LogP contribution < -0.4 is 15.8 Å². The van der Waals surface area contributed by atoms with Gasteiger partial charge < -0.3 is 25.0 Å². The smallest absolute Gasteiger partial charge is 0.262 e. The van der Waals surface area contributed by atoms with Crippen LogP contribution in [0.15, 0.2) is 41.5 Å². The molecule has 2 aliphatic rings. The highest BCUT2D eigenvalue weighted by Crippen LogP contribution is 2.30. The first kappa shape index (κ1) is 22.3. The van der Waals surface area contributed by atoms with Gasteiger partial charge in [-0.05, 0) is 56.6 Å². The molecule has 0 unspecified atom stereocenters. The number of carbonyl (C=O) groups is 1. The fourth-order valence-corrected chi connectivity index (χ4v) is 4.90. The fraction of sp³-hybridized carbons (Fsp3) is 0.440. The first-order valence-corrected chi connectivity index (χ1v) is 11.9. The molecule has 0 radical (unpaired) electrons. The maximum absolute atomic E-state index is 12.6. The highest BCUT2D eigenvalue weighted by atomic mass is 16.2. The molecule has 5 rings (SSSR count). The maximum Gasteiger partial charge on any atom is 0.262 e. The van der Waals surface area contributed by atoms with E-state index in [9.17, 15) is 9.59 Å². The van der Waals surface area contributed by atoms with Gasteiger partial charge in [-0.3, -0.25) is 9.59 Å². The van der Waals surface area contributed by atoms with Crippen molar-refractivity contribution in [1.82, 2.24) is 24.8 Å². The van der Waals surface area contributed by atoms with Gasteiger partial charge in [-0.15, -0.1) is 0 Å². The third-order valence-corrected chi connectivity index (χ3v) is 7.02. The number of carbonyl (C=O) groups excluding carboxylic acids is 1. The van der Waals surface area contributed by atoms with Crippen molar-refractivity contribution < 1.29 is 4.79 Å². The normalized spacial score (nSPS) is 17.8. The molecule has 34 heavy (non-hydrogen) atoms. The van der Waals surface area contributed by atoms with Crippen LogP contribution in [0, 0.1) is 0 Å². The van der Waals surface area contributed by atoms with Crippen LogP contribution in [0.2, 0.25) is 0 Å². The Kier molecular flexibility index (Phi) is 6.19. The summed E-state index contributed by atoms with van der Waals surface area (Å²) in [7, 11) is 2.18. The number of H-pyrrole nitrogens is 1. The Morgan fingerprint density at radius 3 is 2.44 bits per heavy atom.